The lowest BCUT2D eigenvalue weighted by Crippen LogP contribution is -2.33. The largest absolute Gasteiger partial charge is 0.395 e. The van der Waals surface area contributed by atoms with E-state index in [1.165, 1.54) is 6.07 Å². The Labute approximate surface area is 120 Å². The summed E-state index contributed by atoms with van der Waals surface area (Å²) >= 11 is 0. The molecule has 0 unspecified atom stereocenters. The van der Waals surface area contributed by atoms with Crippen LogP contribution in [0.25, 0.3) is 0 Å². The minimum atomic E-state index is -0.199. The fraction of sp³-hybridized carbons (Fsp3) is 0.600. The molecule has 1 fully saturated rings. The molecule has 1 heterocycles. The second kappa shape index (κ2) is 7.02. The van der Waals surface area contributed by atoms with Crippen LogP contribution in [-0.2, 0) is 0 Å². The van der Waals surface area contributed by atoms with Gasteiger partial charge in [0.05, 0.1) is 12.3 Å². The highest BCUT2D eigenvalue weighted by molar-refractivity contribution is 5.56. The SMILES string of the molecule is C[C@@H](N)c1cccc(F)c1N1CCCN(CCO)CC1. The van der Waals surface area contributed by atoms with Gasteiger partial charge < -0.3 is 15.7 Å². The average Bonchev–Trinajstić information content (AvgIpc) is 2.64. The lowest BCUT2D eigenvalue weighted by molar-refractivity contribution is 0.204. The van der Waals surface area contributed by atoms with Crippen LogP contribution in [0.4, 0.5) is 10.1 Å². The van der Waals surface area contributed by atoms with E-state index in [2.05, 4.69) is 9.80 Å². The van der Waals surface area contributed by atoms with Crippen molar-refractivity contribution in [1.29, 1.82) is 0 Å². The Hall–Kier alpha value is -1.17. The average molecular weight is 281 g/mol. The molecule has 4 nitrogen and oxygen atoms in total. The molecule has 0 spiro atoms. The molecule has 0 bridgehead atoms. The van der Waals surface area contributed by atoms with Crippen molar-refractivity contribution in [1.82, 2.24) is 4.90 Å². The molecule has 0 aliphatic carbocycles. The first-order chi connectivity index (χ1) is 9.63. The van der Waals surface area contributed by atoms with E-state index in [4.69, 9.17) is 10.8 Å². The van der Waals surface area contributed by atoms with Crippen LogP contribution in [0.5, 0.6) is 0 Å². The highest BCUT2D eigenvalue weighted by Crippen LogP contribution is 2.29. The van der Waals surface area contributed by atoms with Crippen LogP contribution in [0.15, 0.2) is 18.2 Å². The molecular weight excluding hydrogens is 257 g/mol. The van der Waals surface area contributed by atoms with Gasteiger partial charge in [-0.25, -0.2) is 4.39 Å². The Kier molecular flexibility index (Phi) is 5.34. The smallest absolute Gasteiger partial charge is 0.146 e. The number of para-hydroxylation sites is 1. The highest BCUT2D eigenvalue weighted by Gasteiger charge is 2.21. The zero-order chi connectivity index (χ0) is 14.5. The van der Waals surface area contributed by atoms with Crippen LogP contribution < -0.4 is 10.6 Å². The number of nitrogens with zero attached hydrogens (tertiary/aromatic N) is 2. The normalized spacial score (nSPS) is 18.9. The van der Waals surface area contributed by atoms with Crippen LogP contribution in [0.1, 0.15) is 24.9 Å². The molecule has 112 valence electrons. The maximum atomic E-state index is 14.2. The van der Waals surface area contributed by atoms with E-state index in [1.54, 1.807) is 6.07 Å². The standard InChI is InChI=1S/C15H24FN3O/c1-12(17)13-4-2-5-14(16)15(13)19-7-3-6-18(8-9-19)10-11-20/h2,4-5,12,20H,3,6-11,17H2,1H3/t12-/m1/s1. The molecule has 1 saturated heterocycles. The van der Waals surface area contributed by atoms with Crippen molar-refractivity contribution < 1.29 is 9.50 Å². The Bertz CT molecular complexity index is 439. The van der Waals surface area contributed by atoms with Crippen molar-refractivity contribution in [2.45, 2.75) is 19.4 Å². The molecule has 1 aliphatic heterocycles. The molecule has 1 aromatic carbocycles. The second-order valence-corrected chi connectivity index (χ2v) is 5.37. The third-order valence-corrected chi connectivity index (χ3v) is 3.83. The number of halogens is 1. The second-order valence-electron chi connectivity index (χ2n) is 5.37. The van der Waals surface area contributed by atoms with Gasteiger partial charge in [0, 0.05) is 32.2 Å². The molecular formula is C15H24FN3O. The molecule has 5 heteroatoms. The number of β-amino-alcohol motifs (C(OH)–C–C–N with tert-alkyl or cyclic N) is 1. The maximum Gasteiger partial charge on any atom is 0.146 e. The van der Waals surface area contributed by atoms with Gasteiger partial charge >= 0.3 is 0 Å². The van der Waals surface area contributed by atoms with Crippen LogP contribution in [0.3, 0.4) is 0 Å². The minimum absolute atomic E-state index is 0.171. The van der Waals surface area contributed by atoms with Crippen LogP contribution in [-0.4, -0.2) is 49.3 Å². The zero-order valence-electron chi connectivity index (χ0n) is 12.1. The molecule has 0 amide bonds. The van der Waals surface area contributed by atoms with E-state index >= 15 is 0 Å². The first-order valence-electron chi connectivity index (χ1n) is 7.25. The van der Waals surface area contributed by atoms with Gasteiger partial charge in [0.2, 0.25) is 0 Å². The van der Waals surface area contributed by atoms with Gasteiger partial charge in [-0.15, -0.1) is 0 Å². The third-order valence-electron chi connectivity index (χ3n) is 3.83. The van der Waals surface area contributed by atoms with Gasteiger partial charge in [-0.1, -0.05) is 12.1 Å². The van der Waals surface area contributed by atoms with E-state index < -0.39 is 0 Å². The van der Waals surface area contributed by atoms with E-state index in [0.29, 0.717) is 12.2 Å². The van der Waals surface area contributed by atoms with Gasteiger partial charge in [0.1, 0.15) is 5.82 Å². The number of hydrogen-bond donors (Lipinski definition) is 2. The molecule has 1 aromatic rings. The molecule has 2 rings (SSSR count). The van der Waals surface area contributed by atoms with Crippen molar-refractivity contribution in [3.63, 3.8) is 0 Å². The zero-order valence-corrected chi connectivity index (χ0v) is 12.1. The van der Waals surface area contributed by atoms with E-state index in [0.717, 1.165) is 38.2 Å². The topological polar surface area (TPSA) is 52.7 Å². The molecule has 3 N–H and O–H groups in total. The first-order valence-corrected chi connectivity index (χ1v) is 7.25. The molecule has 1 atom stereocenters. The first kappa shape index (κ1) is 15.2. The Morgan fingerprint density at radius 1 is 1.30 bits per heavy atom. The van der Waals surface area contributed by atoms with Crippen LogP contribution >= 0.6 is 0 Å². The number of hydrogen-bond acceptors (Lipinski definition) is 4. The van der Waals surface area contributed by atoms with Gasteiger partial charge in [-0.3, -0.25) is 4.90 Å². The van der Waals surface area contributed by atoms with Gasteiger partial charge in [-0.2, -0.15) is 0 Å². The summed E-state index contributed by atoms with van der Waals surface area (Å²) in [4.78, 5) is 4.30. The molecule has 0 radical (unpaired) electrons. The summed E-state index contributed by atoms with van der Waals surface area (Å²) < 4.78 is 14.2. The van der Waals surface area contributed by atoms with Crippen LogP contribution in [0.2, 0.25) is 0 Å². The quantitative estimate of drug-likeness (QED) is 0.875. The fourth-order valence-electron chi connectivity index (χ4n) is 2.79. The third kappa shape index (κ3) is 3.48. The number of benzene rings is 1. The number of anilines is 1. The number of nitrogens with two attached hydrogens (primary N) is 1. The Balaban J connectivity index is 2.19. The highest BCUT2D eigenvalue weighted by atomic mass is 19.1. The fourth-order valence-corrected chi connectivity index (χ4v) is 2.79. The summed E-state index contributed by atoms with van der Waals surface area (Å²) in [6.07, 6.45) is 0.965. The van der Waals surface area contributed by atoms with E-state index in [1.807, 2.05) is 13.0 Å². The van der Waals surface area contributed by atoms with Crippen molar-refractivity contribution >= 4 is 5.69 Å². The Morgan fingerprint density at radius 3 is 2.80 bits per heavy atom. The number of aliphatic hydroxyl groups is 1. The van der Waals surface area contributed by atoms with E-state index in [9.17, 15) is 4.39 Å². The summed E-state index contributed by atoms with van der Waals surface area (Å²) in [6, 6.07) is 4.93. The van der Waals surface area contributed by atoms with Crippen molar-refractivity contribution in [2.75, 3.05) is 44.2 Å². The summed E-state index contributed by atoms with van der Waals surface area (Å²) in [6.45, 7) is 6.11. The van der Waals surface area contributed by atoms with Gasteiger partial charge in [0.25, 0.3) is 0 Å². The predicted molar refractivity (Wildman–Crippen MR) is 79.4 cm³/mol. The van der Waals surface area contributed by atoms with Crippen LogP contribution in [0, 0.1) is 5.82 Å². The van der Waals surface area contributed by atoms with Crippen molar-refractivity contribution in [3.05, 3.63) is 29.6 Å². The minimum Gasteiger partial charge on any atom is -0.395 e. The maximum absolute atomic E-state index is 14.2. The van der Waals surface area contributed by atoms with Crippen molar-refractivity contribution in [2.24, 2.45) is 5.73 Å². The molecule has 0 saturated carbocycles. The number of rotatable bonds is 4. The van der Waals surface area contributed by atoms with Gasteiger partial charge in [0.15, 0.2) is 0 Å². The summed E-state index contributed by atoms with van der Waals surface area (Å²) in [5, 5.41) is 9.02. The van der Waals surface area contributed by atoms with Crippen molar-refractivity contribution in [3.8, 4) is 0 Å². The van der Waals surface area contributed by atoms with Gasteiger partial charge in [-0.05, 0) is 31.5 Å². The molecule has 1 aliphatic rings. The predicted octanol–water partition coefficient (Wildman–Crippen LogP) is 1.35. The lowest BCUT2D eigenvalue weighted by atomic mass is 10.1. The Morgan fingerprint density at radius 2 is 2.10 bits per heavy atom. The summed E-state index contributed by atoms with van der Waals surface area (Å²) in [5.74, 6) is -0.199. The van der Waals surface area contributed by atoms with E-state index in [-0.39, 0.29) is 18.5 Å². The molecule has 20 heavy (non-hydrogen) atoms. The summed E-state index contributed by atoms with van der Waals surface area (Å²) in [5.41, 5.74) is 7.48. The molecule has 0 aromatic heterocycles. The lowest BCUT2D eigenvalue weighted by Gasteiger charge is -2.27. The monoisotopic (exact) mass is 281 g/mol. The number of aliphatic hydroxyl groups excluding tert-OH is 1. The summed E-state index contributed by atoms with van der Waals surface area (Å²) in [7, 11) is 0.